The Morgan fingerprint density at radius 1 is 1.43 bits per heavy atom. The molecule has 2 rings (SSSR count). The fraction of sp³-hybridized carbons (Fsp3) is 0.867. The van der Waals surface area contributed by atoms with Crippen LogP contribution in [0.4, 0.5) is 0 Å². The molecule has 0 aromatic carbocycles. The van der Waals surface area contributed by atoms with Crippen molar-refractivity contribution in [3.8, 4) is 0 Å². The minimum absolute atomic E-state index is 0.148. The van der Waals surface area contributed by atoms with E-state index in [1.807, 2.05) is 0 Å². The zero-order valence-electron chi connectivity index (χ0n) is 13.5. The molecule has 21 heavy (non-hydrogen) atoms. The maximum atomic E-state index is 11.9. The molecular formula is C15H26N4O2. The first kappa shape index (κ1) is 15.9. The van der Waals surface area contributed by atoms with E-state index in [-0.39, 0.29) is 5.41 Å². The fourth-order valence-corrected chi connectivity index (χ4v) is 2.99. The standard InChI is InChI=1S/C15H26N4O2/c1-5-14(3,4)12-16-17-18-19(12)10-15(13(20)21)8-6-11(2)7-9-15/h11H,5-10H2,1-4H3,(H,20,21). The summed E-state index contributed by atoms with van der Waals surface area (Å²) >= 11 is 0. The van der Waals surface area contributed by atoms with Crippen LogP contribution in [0, 0.1) is 11.3 Å². The maximum absolute atomic E-state index is 11.9. The third-order valence-electron chi connectivity index (χ3n) is 5.16. The van der Waals surface area contributed by atoms with Crippen molar-refractivity contribution in [3.05, 3.63) is 5.82 Å². The van der Waals surface area contributed by atoms with E-state index < -0.39 is 11.4 Å². The lowest BCUT2D eigenvalue weighted by Gasteiger charge is -2.36. The Kier molecular flexibility index (Phi) is 4.35. The first-order chi connectivity index (χ1) is 9.81. The molecule has 0 spiro atoms. The van der Waals surface area contributed by atoms with E-state index in [0.29, 0.717) is 25.3 Å². The van der Waals surface area contributed by atoms with E-state index >= 15 is 0 Å². The van der Waals surface area contributed by atoms with Crippen LogP contribution in [0.3, 0.4) is 0 Å². The zero-order valence-corrected chi connectivity index (χ0v) is 13.5. The highest BCUT2D eigenvalue weighted by atomic mass is 16.4. The van der Waals surface area contributed by atoms with Crippen molar-refractivity contribution >= 4 is 5.97 Å². The van der Waals surface area contributed by atoms with Crippen molar-refractivity contribution in [2.75, 3.05) is 0 Å². The van der Waals surface area contributed by atoms with Gasteiger partial charge in [-0.2, -0.15) is 0 Å². The molecule has 0 aliphatic heterocycles. The number of carboxylic acid groups (broad SMARTS) is 1. The van der Waals surface area contributed by atoms with Crippen molar-refractivity contribution in [1.29, 1.82) is 0 Å². The van der Waals surface area contributed by atoms with E-state index in [9.17, 15) is 9.90 Å². The highest BCUT2D eigenvalue weighted by Gasteiger charge is 2.43. The maximum Gasteiger partial charge on any atom is 0.311 e. The molecule has 118 valence electrons. The summed E-state index contributed by atoms with van der Waals surface area (Å²) in [6.45, 7) is 8.83. The van der Waals surface area contributed by atoms with Gasteiger partial charge in [-0.1, -0.05) is 27.7 Å². The van der Waals surface area contributed by atoms with Crippen LogP contribution in [0.2, 0.25) is 0 Å². The minimum atomic E-state index is -0.722. The Morgan fingerprint density at radius 3 is 2.57 bits per heavy atom. The monoisotopic (exact) mass is 294 g/mol. The number of nitrogens with zero attached hydrogens (tertiary/aromatic N) is 4. The van der Waals surface area contributed by atoms with Gasteiger partial charge in [-0.15, -0.1) is 5.10 Å². The van der Waals surface area contributed by atoms with Crippen molar-refractivity contribution in [2.45, 2.75) is 71.8 Å². The second kappa shape index (κ2) is 5.73. The number of carbonyl (C=O) groups is 1. The first-order valence-electron chi connectivity index (χ1n) is 7.81. The molecule has 1 fully saturated rings. The lowest BCUT2D eigenvalue weighted by Crippen LogP contribution is -2.40. The van der Waals surface area contributed by atoms with Crippen LogP contribution in [0.5, 0.6) is 0 Å². The highest BCUT2D eigenvalue weighted by Crippen LogP contribution is 2.41. The van der Waals surface area contributed by atoms with Gasteiger partial charge in [-0.25, -0.2) is 4.68 Å². The molecule has 1 aromatic heterocycles. The predicted octanol–water partition coefficient (Wildman–Crippen LogP) is 2.64. The Bertz CT molecular complexity index is 502. The SMILES string of the molecule is CCC(C)(C)c1nnnn1CC1(C(=O)O)CCC(C)CC1. The van der Waals surface area contributed by atoms with Crippen molar-refractivity contribution in [1.82, 2.24) is 20.2 Å². The van der Waals surface area contributed by atoms with Gasteiger partial charge in [-0.3, -0.25) is 4.79 Å². The van der Waals surface area contributed by atoms with Gasteiger partial charge in [0.15, 0.2) is 5.82 Å². The van der Waals surface area contributed by atoms with Crippen LogP contribution < -0.4 is 0 Å². The molecule has 0 radical (unpaired) electrons. The number of aromatic nitrogens is 4. The van der Waals surface area contributed by atoms with Crippen LogP contribution in [0.15, 0.2) is 0 Å². The van der Waals surface area contributed by atoms with E-state index in [0.717, 1.165) is 25.1 Å². The van der Waals surface area contributed by atoms with Gasteiger partial charge in [0.1, 0.15) is 0 Å². The third-order valence-corrected chi connectivity index (χ3v) is 5.16. The topological polar surface area (TPSA) is 80.9 Å². The van der Waals surface area contributed by atoms with E-state index in [1.165, 1.54) is 0 Å². The summed E-state index contributed by atoms with van der Waals surface area (Å²) in [6, 6.07) is 0. The third kappa shape index (κ3) is 3.09. The zero-order chi connectivity index (χ0) is 15.7. The molecule has 1 aliphatic carbocycles. The molecule has 1 aliphatic rings. The van der Waals surface area contributed by atoms with Crippen molar-refractivity contribution in [2.24, 2.45) is 11.3 Å². The summed E-state index contributed by atoms with van der Waals surface area (Å²) in [5.74, 6) is 0.673. The average Bonchev–Trinajstić information content (AvgIpc) is 2.90. The molecular weight excluding hydrogens is 268 g/mol. The van der Waals surface area contributed by atoms with Gasteiger partial charge in [0.25, 0.3) is 0 Å². The van der Waals surface area contributed by atoms with Crippen molar-refractivity contribution in [3.63, 3.8) is 0 Å². The van der Waals surface area contributed by atoms with Gasteiger partial charge in [0.2, 0.25) is 0 Å². The average molecular weight is 294 g/mol. The van der Waals surface area contributed by atoms with Crippen LogP contribution >= 0.6 is 0 Å². The second-order valence-corrected chi connectivity index (χ2v) is 7.17. The van der Waals surface area contributed by atoms with E-state index in [4.69, 9.17) is 0 Å². The fourth-order valence-electron chi connectivity index (χ4n) is 2.99. The molecule has 1 aromatic rings. The first-order valence-corrected chi connectivity index (χ1v) is 7.81. The molecule has 0 atom stereocenters. The normalized spacial score (nSPS) is 26.8. The smallest absolute Gasteiger partial charge is 0.311 e. The molecule has 0 unspecified atom stereocenters. The summed E-state index contributed by atoms with van der Waals surface area (Å²) in [7, 11) is 0. The van der Waals surface area contributed by atoms with Gasteiger partial charge in [0, 0.05) is 5.41 Å². The largest absolute Gasteiger partial charge is 0.481 e. The Labute approximate surface area is 125 Å². The Hall–Kier alpha value is -1.46. The number of rotatable bonds is 5. The van der Waals surface area contributed by atoms with Crippen LogP contribution in [-0.2, 0) is 16.8 Å². The van der Waals surface area contributed by atoms with Gasteiger partial charge in [0.05, 0.1) is 12.0 Å². The lowest BCUT2D eigenvalue weighted by atomic mass is 9.70. The van der Waals surface area contributed by atoms with Crippen molar-refractivity contribution < 1.29 is 9.90 Å². The Balaban J connectivity index is 2.27. The lowest BCUT2D eigenvalue weighted by molar-refractivity contribution is -0.153. The molecule has 6 nitrogen and oxygen atoms in total. The van der Waals surface area contributed by atoms with Crippen LogP contribution in [0.1, 0.15) is 65.6 Å². The summed E-state index contributed by atoms with van der Waals surface area (Å²) in [5, 5.41) is 21.7. The molecule has 1 saturated carbocycles. The quantitative estimate of drug-likeness (QED) is 0.903. The van der Waals surface area contributed by atoms with Crippen LogP contribution in [-0.4, -0.2) is 31.3 Å². The van der Waals surface area contributed by atoms with E-state index in [1.54, 1.807) is 4.68 Å². The highest BCUT2D eigenvalue weighted by molar-refractivity contribution is 5.74. The summed E-state index contributed by atoms with van der Waals surface area (Å²) in [5.41, 5.74) is -0.869. The number of carboxylic acids is 1. The number of tetrazole rings is 1. The molecule has 1 heterocycles. The van der Waals surface area contributed by atoms with Gasteiger partial charge in [-0.05, 0) is 48.4 Å². The summed E-state index contributed by atoms with van der Waals surface area (Å²) < 4.78 is 1.72. The van der Waals surface area contributed by atoms with E-state index in [2.05, 4.69) is 43.2 Å². The number of hydrogen-bond acceptors (Lipinski definition) is 4. The predicted molar refractivity (Wildman–Crippen MR) is 78.8 cm³/mol. The minimum Gasteiger partial charge on any atom is -0.481 e. The van der Waals surface area contributed by atoms with Gasteiger partial charge < -0.3 is 5.11 Å². The molecule has 1 N–H and O–H groups in total. The van der Waals surface area contributed by atoms with Gasteiger partial charge >= 0.3 is 5.97 Å². The Morgan fingerprint density at radius 2 is 2.05 bits per heavy atom. The number of hydrogen-bond donors (Lipinski definition) is 1. The molecule has 6 heteroatoms. The molecule has 0 amide bonds. The second-order valence-electron chi connectivity index (χ2n) is 7.17. The van der Waals surface area contributed by atoms with Crippen LogP contribution in [0.25, 0.3) is 0 Å². The molecule has 0 bridgehead atoms. The number of aliphatic carboxylic acids is 1. The summed E-state index contributed by atoms with van der Waals surface area (Å²) in [4.78, 5) is 11.9. The summed E-state index contributed by atoms with van der Waals surface area (Å²) in [6.07, 6.45) is 4.23. The molecule has 0 saturated heterocycles.